The molecule has 106 valence electrons. The Hall–Kier alpha value is -1.05. The van der Waals surface area contributed by atoms with Crippen molar-refractivity contribution in [1.29, 1.82) is 0 Å². The van der Waals surface area contributed by atoms with E-state index < -0.39 is 35.4 Å². The first kappa shape index (κ1) is 16.0. The lowest BCUT2D eigenvalue weighted by molar-refractivity contribution is -0.117. The van der Waals surface area contributed by atoms with Crippen molar-refractivity contribution < 1.29 is 23.0 Å². The Bertz CT molecular complexity index is 443. The maximum Gasteiger partial charge on any atom is 0.257 e. The quantitative estimate of drug-likeness (QED) is 0.839. The van der Waals surface area contributed by atoms with Gasteiger partial charge in [-0.25, -0.2) is 8.78 Å². The van der Waals surface area contributed by atoms with Crippen LogP contribution in [0.4, 0.5) is 8.78 Å². The second kappa shape index (κ2) is 6.93. The number of hydrogen-bond donors (Lipinski definition) is 1. The molecule has 19 heavy (non-hydrogen) atoms. The summed E-state index contributed by atoms with van der Waals surface area (Å²) in [6.07, 6.45) is -0.703. The van der Waals surface area contributed by atoms with Crippen LogP contribution in [0.5, 0.6) is 0 Å². The first-order valence-corrected chi connectivity index (χ1v) is 6.21. The highest BCUT2D eigenvalue weighted by atomic mass is 79.9. The van der Waals surface area contributed by atoms with Crippen molar-refractivity contribution in [2.45, 2.75) is 19.3 Å². The summed E-state index contributed by atoms with van der Waals surface area (Å²) in [4.78, 5) is 11.8. The van der Waals surface area contributed by atoms with Gasteiger partial charge in [0.25, 0.3) is 5.91 Å². The lowest BCUT2D eigenvalue weighted by Gasteiger charge is -2.22. The predicted molar refractivity (Wildman–Crippen MR) is 68.8 cm³/mol. The van der Waals surface area contributed by atoms with Gasteiger partial charge < -0.3 is 14.8 Å². The summed E-state index contributed by atoms with van der Waals surface area (Å²) in [5.41, 5.74) is -0.638. The lowest BCUT2D eigenvalue weighted by Crippen LogP contribution is -2.43. The van der Waals surface area contributed by atoms with Crippen molar-refractivity contribution >= 4 is 21.8 Å². The van der Waals surface area contributed by atoms with Crippen molar-refractivity contribution in [3.8, 4) is 0 Å². The second-order valence-electron chi connectivity index (χ2n) is 3.85. The molecular weight excluding hydrogens is 324 g/mol. The van der Waals surface area contributed by atoms with E-state index in [1.54, 1.807) is 6.92 Å². The van der Waals surface area contributed by atoms with E-state index in [0.717, 1.165) is 12.1 Å². The zero-order chi connectivity index (χ0) is 14.6. The molecule has 0 saturated carbocycles. The van der Waals surface area contributed by atoms with Gasteiger partial charge in [-0.15, -0.1) is 0 Å². The molecule has 0 heterocycles. The monoisotopic (exact) mass is 337 g/mol. The topological polar surface area (TPSA) is 47.6 Å². The number of methoxy groups -OCH3 is 2. The van der Waals surface area contributed by atoms with Crippen LogP contribution in [0.15, 0.2) is 16.6 Å². The first-order valence-electron chi connectivity index (χ1n) is 5.41. The molecule has 1 atom stereocenters. The number of rotatable bonds is 5. The molecule has 1 unspecified atom stereocenters. The molecule has 4 nitrogen and oxygen atoms in total. The summed E-state index contributed by atoms with van der Waals surface area (Å²) in [5, 5.41) is 2.41. The Morgan fingerprint density at radius 2 is 1.74 bits per heavy atom. The van der Waals surface area contributed by atoms with E-state index in [9.17, 15) is 13.6 Å². The predicted octanol–water partition coefficient (Wildman–Crippen LogP) is 2.46. The molecular formula is C12H14BrF2NO3. The van der Waals surface area contributed by atoms with Crippen molar-refractivity contribution in [1.82, 2.24) is 5.32 Å². The van der Waals surface area contributed by atoms with Crippen molar-refractivity contribution in [3.63, 3.8) is 0 Å². The summed E-state index contributed by atoms with van der Waals surface area (Å²) in [7, 11) is 2.80. The molecule has 7 heteroatoms. The molecule has 0 spiro atoms. The third-order valence-corrected chi connectivity index (χ3v) is 2.92. The Labute approximate surface area is 118 Å². The van der Waals surface area contributed by atoms with Gasteiger partial charge in [0.2, 0.25) is 0 Å². The van der Waals surface area contributed by atoms with E-state index in [4.69, 9.17) is 9.47 Å². The Morgan fingerprint density at radius 3 is 2.16 bits per heavy atom. The molecule has 0 aliphatic rings. The summed E-state index contributed by atoms with van der Waals surface area (Å²) in [5.74, 6) is -2.75. The minimum atomic E-state index is -0.942. The molecule has 1 N–H and O–H groups in total. The number of nitrogens with one attached hydrogen (secondary N) is 1. The van der Waals surface area contributed by atoms with Gasteiger partial charge in [0.15, 0.2) is 6.29 Å². The minimum Gasteiger partial charge on any atom is -0.354 e. The van der Waals surface area contributed by atoms with Gasteiger partial charge in [0, 0.05) is 18.7 Å². The van der Waals surface area contributed by atoms with Crippen molar-refractivity contribution in [3.05, 3.63) is 33.8 Å². The number of halogens is 3. The second-order valence-corrected chi connectivity index (χ2v) is 4.76. The zero-order valence-electron chi connectivity index (χ0n) is 10.7. The molecule has 1 aromatic carbocycles. The standard InChI is InChI=1S/C12H14BrF2NO3/c1-6(12(18-2)19-3)16-11(17)10-8(14)4-7(13)5-9(10)15/h4-6,12H,1-3H3,(H,16,17). The molecule has 0 aliphatic heterocycles. The van der Waals surface area contributed by atoms with E-state index in [2.05, 4.69) is 21.2 Å². The van der Waals surface area contributed by atoms with Gasteiger partial charge >= 0.3 is 0 Å². The van der Waals surface area contributed by atoms with Gasteiger partial charge in [-0.05, 0) is 19.1 Å². The third kappa shape index (κ3) is 3.95. The largest absolute Gasteiger partial charge is 0.354 e. The van der Waals surface area contributed by atoms with Crippen LogP contribution in [-0.2, 0) is 9.47 Å². The third-order valence-electron chi connectivity index (χ3n) is 2.47. The van der Waals surface area contributed by atoms with E-state index in [1.165, 1.54) is 14.2 Å². The van der Waals surface area contributed by atoms with Crippen molar-refractivity contribution in [2.24, 2.45) is 0 Å². The highest BCUT2D eigenvalue weighted by Crippen LogP contribution is 2.19. The van der Waals surface area contributed by atoms with E-state index in [-0.39, 0.29) is 4.47 Å². The van der Waals surface area contributed by atoms with Crippen LogP contribution in [0.25, 0.3) is 0 Å². The molecule has 0 aromatic heterocycles. The number of hydrogen-bond acceptors (Lipinski definition) is 3. The number of carbonyl (C=O) groups excluding carboxylic acids is 1. The number of ether oxygens (including phenoxy) is 2. The fraction of sp³-hybridized carbons (Fsp3) is 0.417. The van der Waals surface area contributed by atoms with Gasteiger partial charge in [-0.2, -0.15) is 0 Å². The van der Waals surface area contributed by atoms with E-state index in [0.29, 0.717) is 0 Å². The Morgan fingerprint density at radius 1 is 1.26 bits per heavy atom. The van der Waals surface area contributed by atoms with Crippen LogP contribution >= 0.6 is 15.9 Å². The maximum absolute atomic E-state index is 13.6. The summed E-state index contributed by atoms with van der Waals surface area (Å²) in [6.45, 7) is 1.60. The lowest BCUT2D eigenvalue weighted by atomic mass is 10.1. The summed E-state index contributed by atoms with van der Waals surface area (Å²) >= 11 is 2.94. The number of amides is 1. The fourth-order valence-electron chi connectivity index (χ4n) is 1.61. The van der Waals surface area contributed by atoms with Gasteiger partial charge in [0.05, 0.1) is 6.04 Å². The Balaban J connectivity index is 2.90. The average molecular weight is 338 g/mol. The maximum atomic E-state index is 13.6. The molecule has 1 amide bonds. The minimum absolute atomic E-state index is 0.221. The van der Waals surface area contributed by atoms with E-state index in [1.807, 2.05) is 0 Å². The van der Waals surface area contributed by atoms with E-state index >= 15 is 0 Å². The fourth-order valence-corrected chi connectivity index (χ4v) is 2.01. The van der Waals surface area contributed by atoms with Crippen LogP contribution in [0.1, 0.15) is 17.3 Å². The zero-order valence-corrected chi connectivity index (χ0v) is 12.3. The van der Waals surface area contributed by atoms with Gasteiger partial charge in [0.1, 0.15) is 17.2 Å². The van der Waals surface area contributed by atoms with Crippen molar-refractivity contribution in [2.75, 3.05) is 14.2 Å². The SMILES string of the molecule is COC(OC)C(C)NC(=O)c1c(F)cc(Br)cc1F. The highest BCUT2D eigenvalue weighted by molar-refractivity contribution is 9.10. The van der Waals surface area contributed by atoms with Crippen LogP contribution in [0.2, 0.25) is 0 Å². The number of carbonyl (C=O) groups is 1. The number of benzene rings is 1. The molecule has 1 rings (SSSR count). The van der Waals surface area contributed by atoms with Crippen LogP contribution < -0.4 is 5.32 Å². The molecule has 0 saturated heterocycles. The smallest absolute Gasteiger partial charge is 0.257 e. The molecule has 1 aromatic rings. The molecule has 0 radical (unpaired) electrons. The molecule has 0 fully saturated rings. The molecule has 0 aliphatic carbocycles. The van der Waals surface area contributed by atoms with Crippen LogP contribution in [0, 0.1) is 11.6 Å². The van der Waals surface area contributed by atoms with Gasteiger partial charge in [-0.3, -0.25) is 4.79 Å². The normalized spacial score (nSPS) is 12.6. The van der Waals surface area contributed by atoms with Gasteiger partial charge in [-0.1, -0.05) is 15.9 Å². The molecule has 0 bridgehead atoms. The average Bonchev–Trinajstić information content (AvgIpc) is 2.28. The van der Waals surface area contributed by atoms with Crippen LogP contribution in [0.3, 0.4) is 0 Å². The van der Waals surface area contributed by atoms with Crippen LogP contribution in [-0.4, -0.2) is 32.5 Å². The Kier molecular flexibility index (Phi) is 5.84. The first-order chi connectivity index (χ1) is 8.90. The summed E-state index contributed by atoms with van der Waals surface area (Å²) in [6, 6.07) is 1.48. The summed E-state index contributed by atoms with van der Waals surface area (Å²) < 4.78 is 37.3. The highest BCUT2D eigenvalue weighted by Gasteiger charge is 2.23.